The standard InChI is InChI=1S/C15H18BrN3O/c1-3-17-14(15-11(16)9-18-19(15)2)13-8-10-6-4-5-7-12(10)20-13/h4-7,9,13-14,17H,3,8H2,1-2H3. The van der Waals surface area contributed by atoms with Crippen LogP contribution in [0.1, 0.15) is 24.2 Å². The number of halogens is 1. The van der Waals surface area contributed by atoms with Crippen LogP contribution in [-0.4, -0.2) is 22.4 Å². The van der Waals surface area contributed by atoms with Crippen LogP contribution in [0.4, 0.5) is 0 Å². The Bertz CT molecular complexity index is 566. The number of rotatable bonds is 4. The number of nitrogens with one attached hydrogen (secondary N) is 1. The van der Waals surface area contributed by atoms with Crippen LogP contribution in [0.3, 0.4) is 0 Å². The average molecular weight is 336 g/mol. The van der Waals surface area contributed by atoms with Crippen molar-refractivity contribution in [2.24, 2.45) is 7.05 Å². The van der Waals surface area contributed by atoms with Gasteiger partial charge in [-0.2, -0.15) is 5.10 Å². The van der Waals surface area contributed by atoms with Crippen LogP contribution in [0.25, 0.3) is 0 Å². The number of ether oxygens (including phenoxy) is 1. The monoisotopic (exact) mass is 335 g/mol. The fourth-order valence-corrected chi connectivity index (χ4v) is 3.38. The molecule has 1 aliphatic rings. The minimum absolute atomic E-state index is 0.0963. The molecule has 1 aliphatic heterocycles. The van der Waals surface area contributed by atoms with Crippen molar-refractivity contribution in [3.05, 3.63) is 46.2 Å². The summed E-state index contributed by atoms with van der Waals surface area (Å²) < 4.78 is 9.06. The molecule has 0 radical (unpaired) electrons. The third-order valence-corrected chi connectivity index (χ3v) is 4.31. The van der Waals surface area contributed by atoms with E-state index in [0.29, 0.717) is 0 Å². The molecule has 0 amide bonds. The van der Waals surface area contributed by atoms with Gasteiger partial charge in [0.15, 0.2) is 0 Å². The maximum Gasteiger partial charge on any atom is 0.124 e. The Morgan fingerprint density at radius 2 is 2.30 bits per heavy atom. The molecule has 1 N–H and O–H groups in total. The highest BCUT2D eigenvalue weighted by molar-refractivity contribution is 9.10. The zero-order chi connectivity index (χ0) is 14.1. The predicted molar refractivity (Wildman–Crippen MR) is 81.9 cm³/mol. The van der Waals surface area contributed by atoms with E-state index in [1.165, 1.54) is 5.56 Å². The van der Waals surface area contributed by atoms with Gasteiger partial charge in [-0.3, -0.25) is 4.68 Å². The van der Waals surface area contributed by atoms with Crippen LogP contribution in [0, 0.1) is 0 Å². The van der Waals surface area contributed by atoms with E-state index in [2.05, 4.69) is 45.4 Å². The highest BCUT2D eigenvalue weighted by Gasteiger charge is 2.33. The number of likely N-dealkylation sites (N-methyl/N-ethyl adjacent to an activating group) is 1. The lowest BCUT2D eigenvalue weighted by Gasteiger charge is -2.24. The van der Waals surface area contributed by atoms with Crippen LogP contribution in [0.15, 0.2) is 34.9 Å². The molecule has 3 rings (SSSR count). The van der Waals surface area contributed by atoms with Crippen molar-refractivity contribution in [3.8, 4) is 5.75 Å². The largest absolute Gasteiger partial charge is 0.488 e. The van der Waals surface area contributed by atoms with Gasteiger partial charge in [-0.05, 0) is 34.1 Å². The lowest BCUT2D eigenvalue weighted by Crippen LogP contribution is -2.36. The molecule has 0 bridgehead atoms. The van der Waals surface area contributed by atoms with E-state index in [-0.39, 0.29) is 12.1 Å². The molecule has 20 heavy (non-hydrogen) atoms. The number of aromatic nitrogens is 2. The maximum absolute atomic E-state index is 6.13. The first-order valence-electron chi connectivity index (χ1n) is 6.86. The summed E-state index contributed by atoms with van der Waals surface area (Å²) in [5.41, 5.74) is 2.41. The van der Waals surface area contributed by atoms with E-state index in [9.17, 15) is 0 Å². The van der Waals surface area contributed by atoms with E-state index in [0.717, 1.165) is 28.9 Å². The van der Waals surface area contributed by atoms with E-state index >= 15 is 0 Å². The van der Waals surface area contributed by atoms with Gasteiger partial charge in [0.1, 0.15) is 11.9 Å². The fourth-order valence-electron chi connectivity index (χ4n) is 2.79. The Morgan fingerprint density at radius 1 is 1.50 bits per heavy atom. The van der Waals surface area contributed by atoms with Gasteiger partial charge >= 0.3 is 0 Å². The van der Waals surface area contributed by atoms with Gasteiger partial charge < -0.3 is 10.1 Å². The van der Waals surface area contributed by atoms with Crippen molar-refractivity contribution in [2.45, 2.75) is 25.5 Å². The van der Waals surface area contributed by atoms with Crippen molar-refractivity contribution in [1.82, 2.24) is 15.1 Å². The summed E-state index contributed by atoms with van der Waals surface area (Å²) in [6.45, 7) is 3.00. The van der Waals surface area contributed by atoms with Gasteiger partial charge in [-0.1, -0.05) is 25.1 Å². The molecule has 0 saturated carbocycles. The molecule has 106 valence electrons. The zero-order valence-electron chi connectivity index (χ0n) is 11.6. The molecule has 1 aromatic heterocycles. The van der Waals surface area contributed by atoms with Gasteiger partial charge in [0, 0.05) is 13.5 Å². The number of aryl methyl sites for hydroxylation is 1. The number of hydrogen-bond donors (Lipinski definition) is 1. The van der Waals surface area contributed by atoms with Crippen LogP contribution >= 0.6 is 15.9 Å². The van der Waals surface area contributed by atoms with Crippen molar-refractivity contribution in [2.75, 3.05) is 6.54 Å². The number of fused-ring (bicyclic) bond motifs is 1. The van der Waals surface area contributed by atoms with E-state index in [1.54, 1.807) is 0 Å². The molecule has 2 aromatic rings. The molecule has 1 aromatic carbocycles. The van der Waals surface area contributed by atoms with Crippen molar-refractivity contribution < 1.29 is 4.74 Å². The molecule has 2 heterocycles. The second-order valence-electron chi connectivity index (χ2n) is 5.00. The molecule has 5 heteroatoms. The Morgan fingerprint density at radius 3 is 2.95 bits per heavy atom. The van der Waals surface area contributed by atoms with Crippen LogP contribution in [0.2, 0.25) is 0 Å². The summed E-state index contributed by atoms with van der Waals surface area (Å²) in [6, 6.07) is 8.37. The molecule has 0 fully saturated rings. The second kappa shape index (κ2) is 5.58. The molecule has 4 nitrogen and oxygen atoms in total. The third-order valence-electron chi connectivity index (χ3n) is 3.70. The topological polar surface area (TPSA) is 39.1 Å². The molecule has 0 saturated heterocycles. The quantitative estimate of drug-likeness (QED) is 0.933. The van der Waals surface area contributed by atoms with Crippen molar-refractivity contribution in [1.29, 1.82) is 0 Å². The summed E-state index contributed by atoms with van der Waals surface area (Å²) in [6.07, 6.45) is 2.85. The summed E-state index contributed by atoms with van der Waals surface area (Å²) in [4.78, 5) is 0. The minimum Gasteiger partial charge on any atom is -0.488 e. The Balaban J connectivity index is 1.90. The molecule has 2 unspecified atom stereocenters. The molecular weight excluding hydrogens is 318 g/mol. The van der Waals surface area contributed by atoms with Crippen LogP contribution < -0.4 is 10.1 Å². The van der Waals surface area contributed by atoms with E-state index in [4.69, 9.17) is 4.74 Å². The minimum atomic E-state index is 0.0963. The van der Waals surface area contributed by atoms with Crippen molar-refractivity contribution >= 4 is 15.9 Å². The summed E-state index contributed by atoms with van der Waals surface area (Å²) in [5.74, 6) is 0.999. The average Bonchev–Trinajstić information content (AvgIpc) is 3.01. The SMILES string of the molecule is CCNC(c1c(Br)cnn1C)C1Cc2ccccc2O1. The Hall–Kier alpha value is -1.33. The van der Waals surface area contributed by atoms with Gasteiger partial charge in [0.2, 0.25) is 0 Å². The number of nitrogens with zero attached hydrogens (tertiary/aromatic N) is 2. The smallest absolute Gasteiger partial charge is 0.124 e. The van der Waals surface area contributed by atoms with Gasteiger partial charge in [0.05, 0.1) is 22.4 Å². The molecule has 0 aliphatic carbocycles. The third kappa shape index (κ3) is 2.36. The lowest BCUT2D eigenvalue weighted by molar-refractivity contribution is 0.174. The Kier molecular flexibility index (Phi) is 3.81. The van der Waals surface area contributed by atoms with Gasteiger partial charge in [0.25, 0.3) is 0 Å². The summed E-state index contributed by atoms with van der Waals surface area (Å²) >= 11 is 3.59. The lowest BCUT2D eigenvalue weighted by atomic mass is 10.0. The number of benzene rings is 1. The second-order valence-corrected chi connectivity index (χ2v) is 5.86. The maximum atomic E-state index is 6.13. The highest BCUT2D eigenvalue weighted by atomic mass is 79.9. The number of para-hydroxylation sites is 1. The molecule has 2 atom stereocenters. The first-order chi connectivity index (χ1) is 9.70. The van der Waals surface area contributed by atoms with Gasteiger partial charge in [-0.25, -0.2) is 0 Å². The van der Waals surface area contributed by atoms with Crippen LogP contribution in [0.5, 0.6) is 5.75 Å². The van der Waals surface area contributed by atoms with Crippen LogP contribution in [-0.2, 0) is 13.5 Å². The first-order valence-corrected chi connectivity index (χ1v) is 7.65. The first kappa shape index (κ1) is 13.6. The summed E-state index contributed by atoms with van der Waals surface area (Å²) in [7, 11) is 1.96. The Labute approximate surface area is 127 Å². The molecular formula is C15H18BrN3O. The van der Waals surface area contributed by atoms with E-state index in [1.807, 2.05) is 30.1 Å². The van der Waals surface area contributed by atoms with E-state index < -0.39 is 0 Å². The normalized spacial score (nSPS) is 18.6. The highest BCUT2D eigenvalue weighted by Crippen LogP contribution is 2.35. The van der Waals surface area contributed by atoms with Gasteiger partial charge in [-0.15, -0.1) is 0 Å². The fraction of sp³-hybridized carbons (Fsp3) is 0.400. The van der Waals surface area contributed by atoms with Crippen molar-refractivity contribution in [3.63, 3.8) is 0 Å². The molecule has 0 spiro atoms. The predicted octanol–water partition coefficient (Wildman–Crippen LogP) is 2.84. The zero-order valence-corrected chi connectivity index (χ0v) is 13.2. The number of hydrogen-bond acceptors (Lipinski definition) is 3. The summed E-state index contributed by atoms with van der Waals surface area (Å²) in [5, 5.41) is 7.84.